The molecule has 0 spiro atoms. The second-order valence-electron chi connectivity index (χ2n) is 17.9. The normalized spacial score (nSPS) is 32.3. The molecule has 16 nitrogen and oxygen atoms in total. The van der Waals surface area contributed by atoms with Crippen molar-refractivity contribution in [1.82, 2.24) is 0 Å². The van der Waals surface area contributed by atoms with Gasteiger partial charge in [0.15, 0.2) is 6.10 Å². The third kappa shape index (κ3) is 24.8. The zero-order valence-electron chi connectivity index (χ0n) is 39.6. The van der Waals surface area contributed by atoms with E-state index in [4.69, 9.17) is 18.5 Å². The summed E-state index contributed by atoms with van der Waals surface area (Å²) < 4.78 is 34.7. The van der Waals surface area contributed by atoms with E-state index in [0.717, 1.165) is 32.1 Å². The van der Waals surface area contributed by atoms with Crippen molar-refractivity contribution in [2.24, 2.45) is 11.8 Å². The zero-order chi connectivity index (χ0) is 48.7. The minimum atomic E-state index is -5.45. The summed E-state index contributed by atoms with van der Waals surface area (Å²) >= 11 is 0. The van der Waals surface area contributed by atoms with Crippen molar-refractivity contribution in [1.29, 1.82) is 0 Å². The van der Waals surface area contributed by atoms with Crippen molar-refractivity contribution in [3.05, 3.63) is 48.6 Å². The number of phosphoric ester groups is 1. The molecular weight excluding hydrogens is 875 g/mol. The average molecular weight is 961 g/mol. The summed E-state index contributed by atoms with van der Waals surface area (Å²) in [4.78, 5) is 36.5. The Morgan fingerprint density at radius 2 is 1.33 bits per heavy atom. The van der Waals surface area contributed by atoms with Crippen LogP contribution in [0.5, 0.6) is 0 Å². The fraction of sp³-hybridized carbons (Fsp3) is 0.796. The van der Waals surface area contributed by atoms with Crippen LogP contribution in [0.25, 0.3) is 0 Å². The van der Waals surface area contributed by atoms with Crippen molar-refractivity contribution in [3.63, 3.8) is 0 Å². The number of ether oxygens (including phenoxy) is 2. The van der Waals surface area contributed by atoms with Crippen LogP contribution in [0, 0.1) is 11.8 Å². The van der Waals surface area contributed by atoms with Crippen LogP contribution in [0.1, 0.15) is 162 Å². The Morgan fingerprint density at radius 3 is 2.03 bits per heavy atom. The number of aliphatic hydroxyl groups is 8. The largest absolute Gasteiger partial charge is 0.472 e. The number of carbonyl (C=O) groups excluding carboxylic acids is 2. The molecule has 1 aliphatic carbocycles. The van der Waals surface area contributed by atoms with Crippen LogP contribution in [0.3, 0.4) is 0 Å². The van der Waals surface area contributed by atoms with Gasteiger partial charge >= 0.3 is 19.8 Å². The molecule has 382 valence electrons. The van der Waals surface area contributed by atoms with E-state index < -0.39 is 112 Å². The molecule has 2 fully saturated rings. The molecule has 0 amide bonds. The van der Waals surface area contributed by atoms with Crippen LogP contribution in [-0.4, -0.2) is 132 Å². The minimum absolute atomic E-state index is 0.00349. The van der Waals surface area contributed by atoms with Gasteiger partial charge in [-0.15, -0.1) is 0 Å². The lowest BCUT2D eigenvalue weighted by Crippen LogP contribution is -2.55. The molecule has 1 heterocycles. The van der Waals surface area contributed by atoms with E-state index in [-0.39, 0.29) is 19.3 Å². The quantitative estimate of drug-likeness (QED) is 0.0248. The Morgan fingerprint density at radius 1 is 0.727 bits per heavy atom. The summed E-state index contributed by atoms with van der Waals surface area (Å²) in [5.74, 6) is -3.97. The number of rotatable bonds is 22. The van der Waals surface area contributed by atoms with Gasteiger partial charge in [0, 0.05) is 31.1 Å². The van der Waals surface area contributed by atoms with Crippen LogP contribution in [0.15, 0.2) is 48.6 Å². The van der Waals surface area contributed by atoms with Gasteiger partial charge in [-0.3, -0.25) is 18.6 Å². The van der Waals surface area contributed by atoms with Crippen molar-refractivity contribution in [2.75, 3.05) is 13.2 Å². The molecular formula is C49H85O16P. The third-order valence-corrected chi connectivity index (χ3v) is 13.2. The van der Waals surface area contributed by atoms with E-state index in [9.17, 15) is 59.9 Å². The maximum atomic E-state index is 13.5. The molecule has 0 aromatic heterocycles. The van der Waals surface area contributed by atoms with Gasteiger partial charge in [-0.2, -0.15) is 0 Å². The predicted molar refractivity (Wildman–Crippen MR) is 251 cm³/mol. The maximum absolute atomic E-state index is 13.5. The van der Waals surface area contributed by atoms with Crippen molar-refractivity contribution < 1.29 is 78.4 Å². The fourth-order valence-electron chi connectivity index (χ4n) is 8.16. The standard InChI is InChI=1S/C49H85O16P/c1-3-5-7-8-9-10-11-12-13-14-15-16-17-18-19-20-26-30-43(54)64-37-34-62-42(53)29-25-22-21-24-28-38-40(51)33-41(52)39(32-31-36(50)27-23-6-4-2)45(56)47(58)49(48(59)46(57)44(38)55)65-66(60,61)63-35-37/h12-13,15-16,18-19,31-32,36-41,44-52,55-59H,3-11,14,17,20-30,33-35H2,1-2H3,(H,60,61)/b13-12-,16-15-,19-18-,32-31+/t36-,37+,38-,39-,40-,41+,44+,45+,46-,47+,48+,49+/m0/s1. The third-order valence-electron chi connectivity index (χ3n) is 12.2. The second kappa shape index (κ2) is 34.9. The molecule has 17 heteroatoms. The molecule has 0 aromatic carbocycles. The molecule has 2 bridgehead atoms. The smallest absolute Gasteiger partial charge is 0.462 e. The molecule has 9 N–H and O–H groups in total. The topological polar surface area (TPSA) is 270 Å². The van der Waals surface area contributed by atoms with Crippen LogP contribution < -0.4 is 0 Å². The Labute approximate surface area is 393 Å². The summed E-state index contributed by atoms with van der Waals surface area (Å²) in [5, 5.41) is 90.3. The van der Waals surface area contributed by atoms with Gasteiger partial charge in [0.1, 0.15) is 31.0 Å². The Kier molecular flexibility index (Phi) is 31.6. The number of phosphoric acid groups is 1. The lowest BCUT2D eigenvalue weighted by molar-refractivity contribution is -0.167. The number of carbonyl (C=O) groups is 2. The lowest BCUT2D eigenvalue weighted by atomic mass is 9.82. The van der Waals surface area contributed by atoms with Gasteiger partial charge in [-0.05, 0) is 57.8 Å². The van der Waals surface area contributed by atoms with E-state index in [1.165, 1.54) is 50.7 Å². The Balaban J connectivity index is 2.18. The van der Waals surface area contributed by atoms with E-state index >= 15 is 0 Å². The SMILES string of the molecule is CCCCCCCC/C=C\C/C=C\C/C=C\CCCC(=O)O[C@@H]1COC(=O)CCCCCC[C@@H]2[C@@H](O)[C@H](O)[C@@H](O)[C@H](OP(=O)(O)OC1)[C@H](O)[C@H](O)[C@@H](/C=C/[C@@H](O)CCCCC)[C@H](O)C[C@@H]2O. The number of hydrogen-bond donors (Lipinski definition) is 9. The molecule has 1 aliphatic heterocycles. The van der Waals surface area contributed by atoms with Gasteiger partial charge < -0.3 is 55.2 Å². The number of esters is 2. The maximum Gasteiger partial charge on any atom is 0.472 e. The van der Waals surface area contributed by atoms with Crippen LogP contribution >= 0.6 is 7.82 Å². The molecule has 13 atom stereocenters. The molecule has 66 heavy (non-hydrogen) atoms. The van der Waals surface area contributed by atoms with E-state index in [0.29, 0.717) is 51.4 Å². The highest BCUT2D eigenvalue weighted by Gasteiger charge is 2.49. The van der Waals surface area contributed by atoms with Gasteiger partial charge in [-0.1, -0.05) is 133 Å². The number of cyclic esters (lactones) is 1. The molecule has 2 aliphatic rings. The highest BCUT2D eigenvalue weighted by atomic mass is 31.2. The fourth-order valence-corrected chi connectivity index (χ4v) is 9.14. The second-order valence-corrected chi connectivity index (χ2v) is 19.3. The number of fused-ring (bicyclic) bond motifs is 4. The van der Waals surface area contributed by atoms with Crippen molar-refractivity contribution >= 4 is 19.8 Å². The first-order valence-corrected chi connectivity index (χ1v) is 26.2. The molecule has 1 unspecified atom stereocenters. The Bertz CT molecular complexity index is 1470. The van der Waals surface area contributed by atoms with Crippen molar-refractivity contribution in [2.45, 2.75) is 223 Å². The summed E-state index contributed by atoms with van der Waals surface area (Å²) in [6.07, 6.45) is 11.7. The minimum Gasteiger partial charge on any atom is -0.462 e. The molecule has 1 saturated carbocycles. The molecule has 0 aromatic rings. The van der Waals surface area contributed by atoms with E-state index in [1.54, 1.807) is 0 Å². The number of unbranched alkanes of at least 4 members (excludes halogenated alkanes) is 9. The monoisotopic (exact) mass is 961 g/mol. The van der Waals surface area contributed by atoms with Gasteiger partial charge in [0.25, 0.3) is 0 Å². The number of allylic oxidation sites excluding steroid dienone is 6. The predicted octanol–water partition coefficient (Wildman–Crippen LogP) is 6.33. The first-order chi connectivity index (χ1) is 31.6. The van der Waals surface area contributed by atoms with Gasteiger partial charge in [-0.25, -0.2) is 4.57 Å². The summed E-state index contributed by atoms with van der Waals surface area (Å²) in [6, 6.07) is 0. The van der Waals surface area contributed by atoms with Gasteiger partial charge in [0.05, 0.1) is 37.1 Å². The van der Waals surface area contributed by atoms with Crippen molar-refractivity contribution in [3.8, 4) is 0 Å². The van der Waals surface area contributed by atoms with E-state index in [2.05, 4.69) is 31.2 Å². The lowest BCUT2D eigenvalue weighted by Gasteiger charge is -2.37. The highest BCUT2D eigenvalue weighted by molar-refractivity contribution is 7.47. The highest BCUT2D eigenvalue weighted by Crippen LogP contribution is 2.47. The number of aliphatic hydroxyl groups excluding tert-OH is 8. The molecule has 2 rings (SSSR count). The zero-order valence-corrected chi connectivity index (χ0v) is 40.4. The van der Waals surface area contributed by atoms with Crippen LogP contribution in [0.4, 0.5) is 0 Å². The van der Waals surface area contributed by atoms with Gasteiger partial charge in [0.2, 0.25) is 0 Å². The van der Waals surface area contributed by atoms with Crippen LogP contribution in [0.2, 0.25) is 0 Å². The molecule has 1 saturated heterocycles. The average Bonchev–Trinajstić information content (AvgIpc) is 3.28. The van der Waals surface area contributed by atoms with Crippen LogP contribution in [-0.2, 0) is 32.7 Å². The Hall–Kier alpha value is -2.31. The summed E-state index contributed by atoms with van der Waals surface area (Å²) in [7, 11) is -5.45. The first kappa shape index (κ1) is 59.8. The first-order valence-electron chi connectivity index (χ1n) is 24.7. The molecule has 0 radical (unpaired) electrons. The van der Waals surface area contributed by atoms with E-state index in [1.807, 2.05) is 19.1 Å². The summed E-state index contributed by atoms with van der Waals surface area (Å²) in [5.41, 5.74) is 0. The number of hydrogen-bond acceptors (Lipinski definition) is 15. The summed E-state index contributed by atoms with van der Waals surface area (Å²) in [6.45, 7) is 2.80.